The molecule has 0 fully saturated rings. The number of rotatable bonds is 5. The second-order valence-electron chi connectivity index (χ2n) is 7.19. The van der Waals surface area contributed by atoms with Crippen molar-refractivity contribution in [1.29, 1.82) is 0 Å². The first-order valence-electron chi connectivity index (χ1n) is 9.73. The maximum absolute atomic E-state index is 14.1. The maximum atomic E-state index is 14.1. The monoisotopic (exact) mass is 430 g/mol. The highest BCUT2D eigenvalue weighted by Crippen LogP contribution is 2.25. The standard InChI is InChI=1S/C23H16F2N6O/c24-16-5-7-19(25)18(9-16)22-29-20-8-6-17(10-21(20)30-22)28-23(32)15-3-1-14(2-4-15)11-31-13-26-12-27-31/h1-10,12-13H,11H2,(H,28,32)(H,29,30). The van der Waals surface area contributed by atoms with Crippen molar-refractivity contribution in [2.24, 2.45) is 0 Å². The summed E-state index contributed by atoms with van der Waals surface area (Å²) in [5.74, 6) is -1.19. The predicted octanol–water partition coefficient (Wildman–Crippen LogP) is 4.40. The van der Waals surface area contributed by atoms with E-state index in [1.807, 2.05) is 12.1 Å². The molecular formula is C23H16F2N6O. The number of nitrogens with zero attached hydrogens (tertiary/aromatic N) is 4. The molecule has 0 spiro atoms. The van der Waals surface area contributed by atoms with Crippen LogP contribution in [0.4, 0.5) is 14.5 Å². The van der Waals surface area contributed by atoms with Crippen molar-refractivity contribution in [3.8, 4) is 11.4 Å². The number of amides is 1. The van der Waals surface area contributed by atoms with Crippen LogP contribution in [0.5, 0.6) is 0 Å². The summed E-state index contributed by atoms with van der Waals surface area (Å²) in [7, 11) is 0. The van der Waals surface area contributed by atoms with Gasteiger partial charge in [-0.05, 0) is 54.1 Å². The molecule has 3 aromatic carbocycles. The van der Waals surface area contributed by atoms with E-state index < -0.39 is 11.6 Å². The molecule has 0 radical (unpaired) electrons. The molecule has 5 rings (SSSR count). The van der Waals surface area contributed by atoms with Crippen molar-refractivity contribution < 1.29 is 13.6 Å². The molecule has 0 saturated carbocycles. The number of halogens is 2. The second-order valence-corrected chi connectivity index (χ2v) is 7.19. The van der Waals surface area contributed by atoms with Gasteiger partial charge in [0.15, 0.2) is 0 Å². The van der Waals surface area contributed by atoms with Gasteiger partial charge in [-0.2, -0.15) is 5.10 Å². The van der Waals surface area contributed by atoms with Crippen LogP contribution in [-0.4, -0.2) is 30.6 Å². The van der Waals surface area contributed by atoms with E-state index in [0.717, 1.165) is 23.8 Å². The molecule has 5 aromatic rings. The topological polar surface area (TPSA) is 88.5 Å². The zero-order valence-corrected chi connectivity index (χ0v) is 16.6. The van der Waals surface area contributed by atoms with Gasteiger partial charge in [0.1, 0.15) is 30.1 Å². The van der Waals surface area contributed by atoms with Crippen LogP contribution in [0.1, 0.15) is 15.9 Å². The van der Waals surface area contributed by atoms with Gasteiger partial charge in [-0.3, -0.25) is 4.79 Å². The van der Waals surface area contributed by atoms with Crippen LogP contribution in [0.25, 0.3) is 22.4 Å². The van der Waals surface area contributed by atoms with Crippen LogP contribution < -0.4 is 5.32 Å². The third-order valence-electron chi connectivity index (χ3n) is 4.95. The lowest BCUT2D eigenvalue weighted by atomic mass is 10.1. The number of benzene rings is 3. The summed E-state index contributed by atoms with van der Waals surface area (Å²) in [5.41, 5.74) is 3.23. The Hall–Kier alpha value is -4.40. The number of aromatic amines is 1. The van der Waals surface area contributed by atoms with Gasteiger partial charge in [0.25, 0.3) is 5.91 Å². The van der Waals surface area contributed by atoms with Gasteiger partial charge in [0.05, 0.1) is 23.1 Å². The lowest BCUT2D eigenvalue weighted by molar-refractivity contribution is 0.102. The molecule has 2 N–H and O–H groups in total. The van der Waals surface area contributed by atoms with Gasteiger partial charge in [-0.25, -0.2) is 23.4 Å². The Kier molecular flexibility index (Phi) is 4.91. The zero-order chi connectivity index (χ0) is 22.1. The van der Waals surface area contributed by atoms with Gasteiger partial charge >= 0.3 is 0 Å². The number of hydrogen-bond donors (Lipinski definition) is 2. The highest BCUT2D eigenvalue weighted by molar-refractivity contribution is 6.05. The summed E-state index contributed by atoms with van der Waals surface area (Å²) >= 11 is 0. The number of carbonyl (C=O) groups is 1. The third kappa shape index (κ3) is 3.95. The molecular weight excluding hydrogens is 414 g/mol. The molecule has 7 nitrogen and oxygen atoms in total. The van der Waals surface area contributed by atoms with E-state index in [1.165, 1.54) is 6.33 Å². The Balaban J connectivity index is 1.33. The second kappa shape index (κ2) is 8.03. The number of anilines is 1. The number of nitrogens with one attached hydrogen (secondary N) is 2. The maximum Gasteiger partial charge on any atom is 0.255 e. The van der Waals surface area contributed by atoms with Crippen molar-refractivity contribution in [1.82, 2.24) is 24.7 Å². The van der Waals surface area contributed by atoms with Crippen molar-refractivity contribution in [3.63, 3.8) is 0 Å². The quantitative estimate of drug-likeness (QED) is 0.433. The van der Waals surface area contributed by atoms with Gasteiger partial charge in [-0.1, -0.05) is 12.1 Å². The summed E-state index contributed by atoms with van der Waals surface area (Å²) in [6.45, 7) is 0.562. The molecule has 0 bridgehead atoms. The molecule has 0 saturated heterocycles. The number of carbonyl (C=O) groups excluding carboxylic acids is 1. The van der Waals surface area contributed by atoms with Crippen molar-refractivity contribution in [2.45, 2.75) is 6.54 Å². The van der Waals surface area contributed by atoms with Gasteiger partial charge < -0.3 is 10.3 Å². The number of H-pyrrole nitrogens is 1. The number of imidazole rings is 1. The average Bonchev–Trinajstić information content (AvgIpc) is 3.45. The smallest absolute Gasteiger partial charge is 0.255 e. The Labute approximate surface area is 180 Å². The summed E-state index contributed by atoms with van der Waals surface area (Å²) in [5, 5.41) is 6.90. The van der Waals surface area contributed by atoms with Crippen LogP contribution in [0.3, 0.4) is 0 Å². The SMILES string of the molecule is O=C(Nc1ccc2nc(-c3cc(F)ccc3F)[nH]c2c1)c1ccc(Cn2cncn2)cc1. The molecule has 0 unspecified atom stereocenters. The molecule has 158 valence electrons. The minimum atomic E-state index is -0.578. The Morgan fingerprint density at radius 2 is 1.88 bits per heavy atom. The summed E-state index contributed by atoms with van der Waals surface area (Å²) in [6.07, 6.45) is 3.09. The minimum absolute atomic E-state index is 0.0396. The fraction of sp³-hybridized carbons (Fsp3) is 0.0435. The predicted molar refractivity (Wildman–Crippen MR) is 115 cm³/mol. The molecule has 0 aliphatic rings. The van der Waals surface area contributed by atoms with Gasteiger partial charge in [-0.15, -0.1) is 0 Å². The normalized spacial score (nSPS) is 11.1. The Morgan fingerprint density at radius 3 is 2.66 bits per heavy atom. The average molecular weight is 430 g/mol. The first-order valence-corrected chi connectivity index (χ1v) is 9.73. The lowest BCUT2D eigenvalue weighted by Crippen LogP contribution is -2.12. The fourth-order valence-electron chi connectivity index (χ4n) is 3.36. The van der Waals surface area contributed by atoms with Crippen LogP contribution in [0.2, 0.25) is 0 Å². The van der Waals surface area contributed by atoms with E-state index in [9.17, 15) is 13.6 Å². The summed E-state index contributed by atoms with van der Waals surface area (Å²) in [4.78, 5) is 23.8. The van der Waals surface area contributed by atoms with E-state index in [1.54, 1.807) is 41.3 Å². The van der Waals surface area contributed by atoms with E-state index >= 15 is 0 Å². The lowest BCUT2D eigenvalue weighted by Gasteiger charge is -2.06. The summed E-state index contributed by atoms with van der Waals surface area (Å²) in [6, 6.07) is 15.5. The summed E-state index contributed by atoms with van der Waals surface area (Å²) < 4.78 is 29.3. The zero-order valence-electron chi connectivity index (χ0n) is 16.6. The minimum Gasteiger partial charge on any atom is -0.338 e. The van der Waals surface area contributed by atoms with Crippen LogP contribution >= 0.6 is 0 Å². The van der Waals surface area contributed by atoms with E-state index in [-0.39, 0.29) is 17.3 Å². The highest BCUT2D eigenvalue weighted by atomic mass is 19.1. The highest BCUT2D eigenvalue weighted by Gasteiger charge is 2.13. The molecule has 2 aromatic heterocycles. The van der Waals surface area contributed by atoms with Crippen LogP contribution in [-0.2, 0) is 6.54 Å². The molecule has 9 heteroatoms. The Bertz CT molecular complexity index is 1410. The van der Waals surface area contributed by atoms with E-state index in [2.05, 4.69) is 25.4 Å². The van der Waals surface area contributed by atoms with Crippen molar-refractivity contribution >= 4 is 22.6 Å². The fourth-order valence-corrected chi connectivity index (χ4v) is 3.36. The van der Waals surface area contributed by atoms with E-state index in [4.69, 9.17) is 0 Å². The number of aromatic nitrogens is 5. The first kappa shape index (κ1) is 19.6. The van der Waals surface area contributed by atoms with Crippen molar-refractivity contribution in [2.75, 3.05) is 5.32 Å². The number of fused-ring (bicyclic) bond motifs is 1. The van der Waals surface area contributed by atoms with Gasteiger partial charge in [0.2, 0.25) is 0 Å². The molecule has 0 atom stereocenters. The van der Waals surface area contributed by atoms with Crippen molar-refractivity contribution in [3.05, 3.63) is 96.1 Å². The van der Waals surface area contributed by atoms with Crippen LogP contribution in [0.15, 0.2) is 73.3 Å². The first-order chi connectivity index (χ1) is 15.5. The molecule has 0 aliphatic carbocycles. The van der Waals surface area contributed by atoms with Gasteiger partial charge in [0, 0.05) is 11.3 Å². The Morgan fingerprint density at radius 1 is 1.03 bits per heavy atom. The third-order valence-corrected chi connectivity index (χ3v) is 4.95. The molecule has 32 heavy (non-hydrogen) atoms. The largest absolute Gasteiger partial charge is 0.338 e. The molecule has 2 heterocycles. The van der Waals surface area contributed by atoms with E-state index in [0.29, 0.717) is 28.8 Å². The molecule has 1 amide bonds. The molecule has 0 aliphatic heterocycles. The van der Waals surface area contributed by atoms with Crippen LogP contribution in [0, 0.1) is 11.6 Å². The number of hydrogen-bond acceptors (Lipinski definition) is 4.